The molecule has 0 radical (unpaired) electrons. The number of nitrogens with zero attached hydrogens (tertiary/aromatic N) is 3. The second-order valence-electron chi connectivity index (χ2n) is 5.33. The molecule has 0 unspecified atom stereocenters. The Balaban J connectivity index is 1.58. The van der Waals surface area contributed by atoms with Gasteiger partial charge in [-0.3, -0.25) is 9.20 Å². The van der Waals surface area contributed by atoms with Crippen molar-refractivity contribution in [1.29, 1.82) is 0 Å². The molecule has 0 bridgehead atoms. The Kier molecular flexibility index (Phi) is 4.23. The van der Waals surface area contributed by atoms with Crippen molar-refractivity contribution in [1.82, 2.24) is 19.9 Å². The topological polar surface area (TPSA) is 68.5 Å². The lowest BCUT2D eigenvalue weighted by atomic mass is 10.1. The Morgan fingerprint density at radius 3 is 2.70 bits per heavy atom. The molecule has 0 aliphatic heterocycles. The Morgan fingerprint density at radius 1 is 1.13 bits per heavy atom. The molecule has 0 aliphatic carbocycles. The number of pyridine rings is 1. The minimum atomic E-state index is -0.194. The van der Waals surface area contributed by atoms with Gasteiger partial charge in [-0.2, -0.15) is 0 Å². The van der Waals surface area contributed by atoms with Crippen molar-refractivity contribution in [2.24, 2.45) is 0 Å². The largest absolute Gasteiger partial charge is 0.483 e. The number of aromatic nitrogens is 3. The van der Waals surface area contributed by atoms with Crippen LogP contribution in [0.4, 0.5) is 0 Å². The Morgan fingerprint density at radius 2 is 1.91 bits per heavy atom. The van der Waals surface area contributed by atoms with Gasteiger partial charge >= 0.3 is 0 Å². The molecule has 0 fully saturated rings. The quantitative estimate of drug-likeness (QED) is 0.783. The van der Waals surface area contributed by atoms with Crippen molar-refractivity contribution in [2.45, 2.75) is 20.4 Å². The van der Waals surface area contributed by atoms with Gasteiger partial charge in [-0.05, 0) is 37.1 Å². The molecule has 2 aromatic heterocycles. The van der Waals surface area contributed by atoms with Crippen LogP contribution in [-0.4, -0.2) is 27.1 Å². The van der Waals surface area contributed by atoms with E-state index in [1.54, 1.807) is 0 Å². The van der Waals surface area contributed by atoms with E-state index in [0.29, 0.717) is 12.4 Å². The Labute approximate surface area is 134 Å². The van der Waals surface area contributed by atoms with Gasteiger partial charge in [0.05, 0.1) is 6.54 Å². The molecule has 1 aromatic carbocycles. The smallest absolute Gasteiger partial charge is 0.258 e. The van der Waals surface area contributed by atoms with Crippen molar-refractivity contribution in [3.05, 3.63) is 59.5 Å². The molecule has 0 saturated heterocycles. The number of nitrogens with one attached hydrogen (secondary N) is 1. The first-order valence-corrected chi connectivity index (χ1v) is 7.39. The van der Waals surface area contributed by atoms with Gasteiger partial charge in [0.1, 0.15) is 5.75 Å². The first-order chi connectivity index (χ1) is 11.1. The summed E-state index contributed by atoms with van der Waals surface area (Å²) in [5, 5.41) is 10.9. The summed E-state index contributed by atoms with van der Waals surface area (Å²) in [6.07, 6.45) is 1.87. The molecule has 0 atom stereocenters. The van der Waals surface area contributed by atoms with Gasteiger partial charge in [-0.15, -0.1) is 10.2 Å². The maximum atomic E-state index is 12.0. The van der Waals surface area contributed by atoms with Gasteiger partial charge in [-0.1, -0.05) is 24.3 Å². The summed E-state index contributed by atoms with van der Waals surface area (Å²) in [5.74, 6) is 1.25. The van der Waals surface area contributed by atoms with E-state index >= 15 is 0 Å². The number of carbonyl (C=O) groups excluding carboxylic acids is 1. The highest BCUT2D eigenvalue weighted by Crippen LogP contribution is 2.21. The summed E-state index contributed by atoms with van der Waals surface area (Å²) >= 11 is 0. The van der Waals surface area contributed by atoms with E-state index in [2.05, 4.69) is 15.5 Å². The summed E-state index contributed by atoms with van der Waals surface area (Å²) in [5.41, 5.74) is 2.78. The number of ether oxygens (including phenoxy) is 1. The minimum absolute atomic E-state index is 0.0254. The van der Waals surface area contributed by atoms with E-state index in [1.165, 1.54) is 0 Å². The molecule has 2 heterocycles. The summed E-state index contributed by atoms with van der Waals surface area (Å²) in [4.78, 5) is 12.0. The van der Waals surface area contributed by atoms with Gasteiger partial charge in [0.15, 0.2) is 18.1 Å². The van der Waals surface area contributed by atoms with Gasteiger partial charge in [0.2, 0.25) is 0 Å². The summed E-state index contributed by atoms with van der Waals surface area (Å²) in [6, 6.07) is 11.5. The van der Waals surface area contributed by atoms with Crippen LogP contribution in [0.2, 0.25) is 0 Å². The normalized spacial score (nSPS) is 10.7. The van der Waals surface area contributed by atoms with E-state index in [0.717, 1.165) is 22.5 Å². The molecule has 23 heavy (non-hydrogen) atoms. The second kappa shape index (κ2) is 6.48. The molecular weight excluding hydrogens is 292 g/mol. The number of fused-ring (bicyclic) bond motifs is 1. The maximum absolute atomic E-state index is 12.0. The number of hydrogen-bond donors (Lipinski definition) is 1. The zero-order valence-electron chi connectivity index (χ0n) is 13.1. The predicted molar refractivity (Wildman–Crippen MR) is 86.2 cm³/mol. The van der Waals surface area contributed by atoms with Gasteiger partial charge in [0.25, 0.3) is 5.91 Å². The van der Waals surface area contributed by atoms with Crippen LogP contribution in [-0.2, 0) is 11.3 Å². The van der Waals surface area contributed by atoms with Gasteiger partial charge in [-0.25, -0.2) is 0 Å². The van der Waals surface area contributed by atoms with Crippen LogP contribution in [0.1, 0.15) is 17.0 Å². The highest BCUT2D eigenvalue weighted by Gasteiger charge is 2.09. The van der Waals surface area contributed by atoms with Crippen LogP contribution in [0.3, 0.4) is 0 Å². The molecule has 1 N–H and O–H groups in total. The van der Waals surface area contributed by atoms with Crippen LogP contribution >= 0.6 is 0 Å². The minimum Gasteiger partial charge on any atom is -0.483 e. The number of aryl methyl sites for hydroxylation is 2. The number of rotatable bonds is 5. The third kappa shape index (κ3) is 3.31. The first kappa shape index (κ1) is 15.0. The highest BCUT2D eigenvalue weighted by atomic mass is 16.5. The number of amides is 1. The van der Waals surface area contributed by atoms with Crippen LogP contribution < -0.4 is 10.1 Å². The molecule has 3 aromatic rings. The molecule has 6 heteroatoms. The fourth-order valence-corrected chi connectivity index (χ4v) is 2.40. The third-order valence-corrected chi connectivity index (χ3v) is 3.58. The second-order valence-corrected chi connectivity index (χ2v) is 5.33. The average Bonchev–Trinajstić information content (AvgIpc) is 2.96. The van der Waals surface area contributed by atoms with Crippen LogP contribution in [0.25, 0.3) is 5.65 Å². The average molecular weight is 310 g/mol. The predicted octanol–water partition coefficient (Wildman–Crippen LogP) is 2.04. The molecule has 0 aliphatic rings. The van der Waals surface area contributed by atoms with E-state index < -0.39 is 0 Å². The molecule has 0 spiro atoms. The first-order valence-electron chi connectivity index (χ1n) is 7.39. The maximum Gasteiger partial charge on any atom is 0.258 e. The van der Waals surface area contributed by atoms with E-state index in [9.17, 15) is 4.79 Å². The number of carbonyl (C=O) groups is 1. The third-order valence-electron chi connectivity index (χ3n) is 3.58. The number of para-hydroxylation sites is 1. The lowest BCUT2D eigenvalue weighted by Gasteiger charge is -2.11. The Bertz CT molecular complexity index is 821. The standard InChI is InChI=1S/C17H18N4O2/c1-12-6-5-7-13(2)17(12)23-11-16(22)18-10-15-20-19-14-8-3-4-9-21(14)15/h3-9H,10-11H2,1-2H3,(H,18,22). The van der Waals surface area contributed by atoms with E-state index in [-0.39, 0.29) is 12.5 Å². The summed E-state index contributed by atoms with van der Waals surface area (Å²) in [7, 11) is 0. The molecule has 6 nitrogen and oxygen atoms in total. The van der Waals surface area contributed by atoms with Gasteiger partial charge in [0, 0.05) is 6.20 Å². The fourth-order valence-electron chi connectivity index (χ4n) is 2.40. The van der Waals surface area contributed by atoms with E-state index in [1.807, 2.05) is 60.8 Å². The lowest BCUT2D eigenvalue weighted by Crippen LogP contribution is -2.29. The van der Waals surface area contributed by atoms with Crippen molar-refractivity contribution in [3.63, 3.8) is 0 Å². The van der Waals surface area contributed by atoms with Crippen LogP contribution in [0.5, 0.6) is 5.75 Å². The summed E-state index contributed by atoms with van der Waals surface area (Å²) in [6.45, 7) is 4.20. The van der Waals surface area contributed by atoms with Crippen molar-refractivity contribution in [2.75, 3.05) is 6.61 Å². The molecule has 3 rings (SSSR count). The van der Waals surface area contributed by atoms with Gasteiger partial charge < -0.3 is 10.1 Å². The molecular formula is C17H18N4O2. The van der Waals surface area contributed by atoms with Crippen LogP contribution in [0.15, 0.2) is 42.6 Å². The van der Waals surface area contributed by atoms with E-state index in [4.69, 9.17) is 4.74 Å². The zero-order valence-corrected chi connectivity index (χ0v) is 13.1. The fraction of sp³-hybridized carbons (Fsp3) is 0.235. The lowest BCUT2D eigenvalue weighted by molar-refractivity contribution is -0.123. The van der Waals surface area contributed by atoms with Crippen LogP contribution in [0, 0.1) is 13.8 Å². The summed E-state index contributed by atoms with van der Waals surface area (Å²) < 4.78 is 7.47. The SMILES string of the molecule is Cc1cccc(C)c1OCC(=O)NCc1nnc2ccccn12. The number of hydrogen-bond acceptors (Lipinski definition) is 4. The molecule has 0 saturated carbocycles. The number of benzene rings is 1. The van der Waals surface area contributed by atoms with Crippen molar-refractivity contribution < 1.29 is 9.53 Å². The Hall–Kier alpha value is -2.89. The molecule has 1 amide bonds. The van der Waals surface area contributed by atoms with Crippen molar-refractivity contribution >= 4 is 11.6 Å². The zero-order chi connectivity index (χ0) is 16.2. The van der Waals surface area contributed by atoms with Crippen molar-refractivity contribution in [3.8, 4) is 5.75 Å². The highest BCUT2D eigenvalue weighted by molar-refractivity contribution is 5.77. The molecule has 118 valence electrons. The monoisotopic (exact) mass is 310 g/mol.